The summed E-state index contributed by atoms with van der Waals surface area (Å²) in [7, 11) is 0. The van der Waals surface area contributed by atoms with Crippen LogP contribution >= 0.6 is 0 Å². The summed E-state index contributed by atoms with van der Waals surface area (Å²) < 4.78 is 2.14. The minimum absolute atomic E-state index is 0.272. The maximum atomic E-state index is 9.16. The van der Waals surface area contributed by atoms with Gasteiger partial charge in [-0.25, -0.2) is 4.98 Å². The number of hydrogen-bond acceptors (Lipinski definition) is 3. The van der Waals surface area contributed by atoms with Gasteiger partial charge in [-0.05, 0) is 49.8 Å². The number of aromatic nitrogens is 2. The van der Waals surface area contributed by atoms with Gasteiger partial charge in [-0.2, -0.15) is 0 Å². The Bertz CT molecular complexity index is 562. The van der Waals surface area contributed by atoms with E-state index in [0.29, 0.717) is 11.8 Å². The second kappa shape index (κ2) is 7.57. The Morgan fingerprint density at radius 2 is 2.19 bits per heavy atom. The quantitative estimate of drug-likeness (QED) is 0.785. The number of imidazole rings is 1. The van der Waals surface area contributed by atoms with Crippen LogP contribution in [0.4, 0.5) is 0 Å². The van der Waals surface area contributed by atoms with Gasteiger partial charge in [0.2, 0.25) is 0 Å². The van der Waals surface area contributed by atoms with Crippen molar-refractivity contribution in [3.05, 3.63) is 35.8 Å². The summed E-state index contributed by atoms with van der Waals surface area (Å²) in [6, 6.07) is 4.14. The highest BCUT2D eigenvalue weighted by Crippen LogP contribution is 2.15. The van der Waals surface area contributed by atoms with Crippen molar-refractivity contribution in [2.45, 2.75) is 40.2 Å². The SMILES string of the molecule is Cc1cccn2c(CNCC(CCO)CC(C)C)cnc12. The standard InChI is InChI=1S/C17H27N3O/c1-13(2)9-15(6-8-21)10-18-11-16-12-19-17-14(3)5-4-7-20(16)17/h4-5,7,12-13,15,18,21H,6,8-11H2,1-3H3. The van der Waals surface area contributed by atoms with Crippen LogP contribution < -0.4 is 5.32 Å². The zero-order valence-electron chi connectivity index (χ0n) is 13.3. The number of nitrogens with one attached hydrogen (secondary N) is 1. The molecule has 0 aliphatic carbocycles. The average Bonchev–Trinajstić information content (AvgIpc) is 2.83. The molecule has 2 N–H and O–H groups in total. The molecule has 0 spiro atoms. The van der Waals surface area contributed by atoms with Crippen LogP contribution in [0.25, 0.3) is 5.65 Å². The molecule has 2 aromatic heterocycles. The highest BCUT2D eigenvalue weighted by Gasteiger charge is 2.11. The lowest BCUT2D eigenvalue weighted by Gasteiger charge is -2.18. The van der Waals surface area contributed by atoms with E-state index in [-0.39, 0.29) is 6.61 Å². The van der Waals surface area contributed by atoms with Crippen molar-refractivity contribution in [2.24, 2.45) is 11.8 Å². The van der Waals surface area contributed by atoms with E-state index < -0.39 is 0 Å². The third-order valence-corrected chi connectivity index (χ3v) is 3.89. The molecule has 21 heavy (non-hydrogen) atoms. The lowest BCUT2D eigenvalue weighted by Crippen LogP contribution is -2.25. The van der Waals surface area contributed by atoms with Crippen LogP contribution in [0.15, 0.2) is 24.5 Å². The molecule has 0 saturated carbocycles. The first-order valence-corrected chi connectivity index (χ1v) is 7.85. The van der Waals surface area contributed by atoms with E-state index in [2.05, 4.69) is 53.8 Å². The molecule has 4 nitrogen and oxygen atoms in total. The Morgan fingerprint density at radius 3 is 2.90 bits per heavy atom. The summed E-state index contributed by atoms with van der Waals surface area (Å²) in [5.41, 5.74) is 3.41. The van der Waals surface area contributed by atoms with Crippen molar-refractivity contribution in [1.82, 2.24) is 14.7 Å². The minimum Gasteiger partial charge on any atom is -0.396 e. The molecule has 0 bridgehead atoms. The molecule has 0 aliphatic heterocycles. The van der Waals surface area contributed by atoms with Gasteiger partial charge in [0.25, 0.3) is 0 Å². The van der Waals surface area contributed by atoms with E-state index in [1.165, 1.54) is 11.3 Å². The molecule has 0 aliphatic rings. The fraction of sp³-hybridized carbons (Fsp3) is 0.588. The Morgan fingerprint density at radius 1 is 1.38 bits per heavy atom. The summed E-state index contributed by atoms with van der Waals surface area (Å²) in [6.07, 6.45) is 6.03. The van der Waals surface area contributed by atoms with E-state index in [9.17, 15) is 0 Å². The Kier molecular flexibility index (Phi) is 5.76. The fourth-order valence-electron chi connectivity index (χ4n) is 2.89. The average molecular weight is 289 g/mol. The second-order valence-electron chi connectivity index (χ2n) is 6.27. The predicted molar refractivity (Wildman–Crippen MR) is 86.3 cm³/mol. The molecule has 0 saturated heterocycles. The van der Waals surface area contributed by atoms with Crippen LogP contribution in [0.2, 0.25) is 0 Å². The summed E-state index contributed by atoms with van der Waals surface area (Å²) in [6.45, 7) is 8.57. The molecule has 0 amide bonds. The topological polar surface area (TPSA) is 49.6 Å². The van der Waals surface area contributed by atoms with Gasteiger partial charge in [-0.15, -0.1) is 0 Å². The first-order valence-electron chi connectivity index (χ1n) is 7.85. The largest absolute Gasteiger partial charge is 0.396 e. The molecule has 2 aromatic rings. The molecule has 116 valence electrons. The van der Waals surface area contributed by atoms with Crippen molar-refractivity contribution >= 4 is 5.65 Å². The van der Waals surface area contributed by atoms with Gasteiger partial charge in [0, 0.05) is 19.3 Å². The number of fused-ring (bicyclic) bond motifs is 1. The van der Waals surface area contributed by atoms with Crippen LogP contribution in [0.5, 0.6) is 0 Å². The van der Waals surface area contributed by atoms with Crippen LogP contribution in [-0.2, 0) is 6.54 Å². The summed E-state index contributed by atoms with van der Waals surface area (Å²) in [4.78, 5) is 4.48. The zero-order valence-corrected chi connectivity index (χ0v) is 13.3. The van der Waals surface area contributed by atoms with Crippen LogP contribution in [0.1, 0.15) is 37.9 Å². The van der Waals surface area contributed by atoms with E-state index in [1.807, 2.05) is 6.20 Å². The third kappa shape index (κ3) is 4.29. The lowest BCUT2D eigenvalue weighted by molar-refractivity contribution is 0.239. The van der Waals surface area contributed by atoms with Crippen molar-refractivity contribution < 1.29 is 5.11 Å². The molecular formula is C17H27N3O. The number of pyridine rings is 1. The third-order valence-electron chi connectivity index (χ3n) is 3.89. The highest BCUT2D eigenvalue weighted by atomic mass is 16.3. The van der Waals surface area contributed by atoms with Gasteiger partial charge in [0.1, 0.15) is 5.65 Å². The summed E-state index contributed by atoms with van der Waals surface area (Å²) >= 11 is 0. The fourth-order valence-corrected chi connectivity index (χ4v) is 2.89. The molecule has 0 fully saturated rings. The number of aryl methyl sites for hydroxylation is 1. The maximum absolute atomic E-state index is 9.16. The van der Waals surface area contributed by atoms with E-state index in [0.717, 1.165) is 31.6 Å². The van der Waals surface area contributed by atoms with Crippen LogP contribution in [0.3, 0.4) is 0 Å². The van der Waals surface area contributed by atoms with E-state index in [1.54, 1.807) is 0 Å². The van der Waals surface area contributed by atoms with Crippen LogP contribution in [-0.4, -0.2) is 27.6 Å². The van der Waals surface area contributed by atoms with Gasteiger partial charge in [0.05, 0.1) is 11.9 Å². The van der Waals surface area contributed by atoms with E-state index in [4.69, 9.17) is 5.11 Å². The first kappa shape index (κ1) is 16.0. The molecule has 0 aromatic carbocycles. The molecule has 0 radical (unpaired) electrons. The van der Waals surface area contributed by atoms with E-state index >= 15 is 0 Å². The van der Waals surface area contributed by atoms with Crippen molar-refractivity contribution in [2.75, 3.05) is 13.2 Å². The van der Waals surface area contributed by atoms with Crippen LogP contribution in [0, 0.1) is 18.8 Å². The molecule has 2 heterocycles. The lowest BCUT2D eigenvalue weighted by atomic mass is 9.94. The summed E-state index contributed by atoms with van der Waals surface area (Å²) in [5.74, 6) is 1.21. The molecular weight excluding hydrogens is 262 g/mol. The van der Waals surface area contributed by atoms with Crippen molar-refractivity contribution in [3.8, 4) is 0 Å². The first-order chi connectivity index (χ1) is 10.1. The number of rotatable bonds is 8. The Balaban J connectivity index is 1.93. The molecule has 1 atom stereocenters. The zero-order chi connectivity index (χ0) is 15.2. The molecule has 2 rings (SSSR count). The number of nitrogens with zero attached hydrogens (tertiary/aromatic N) is 2. The smallest absolute Gasteiger partial charge is 0.139 e. The summed E-state index contributed by atoms with van der Waals surface area (Å²) in [5, 5.41) is 12.7. The molecule has 1 unspecified atom stereocenters. The number of aliphatic hydroxyl groups is 1. The van der Waals surface area contributed by atoms with Crippen molar-refractivity contribution in [1.29, 1.82) is 0 Å². The predicted octanol–water partition coefficient (Wildman–Crippen LogP) is 2.78. The number of aliphatic hydroxyl groups excluding tert-OH is 1. The second-order valence-corrected chi connectivity index (χ2v) is 6.27. The number of hydrogen-bond donors (Lipinski definition) is 2. The monoisotopic (exact) mass is 289 g/mol. The molecule has 4 heteroatoms. The minimum atomic E-state index is 0.272. The Hall–Kier alpha value is -1.39. The maximum Gasteiger partial charge on any atom is 0.139 e. The van der Waals surface area contributed by atoms with Gasteiger partial charge < -0.3 is 14.8 Å². The van der Waals surface area contributed by atoms with Gasteiger partial charge in [0.15, 0.2) is 0 Å². The van der Waals surface area contributed by atoms with Gasteiger partial charge >= 0.3 is 0 Å². The van der Waals surface area contributed by atoms with Gasteiger partial charge in [-0.3, -0.25) is 0 Å². The van der Waals surface area contributed by atoms with Crippen molar-refractivity contribution in [3.63, 3.8) is 0 Å². The normalized spacial score (nSPS) is 13.2. The highest BCUT2D eigenvalue weighted by molar-refractivity contribution is 5.48. The Labute approximate surface area is 127 Å². The van der Waals surface area contributed by atoms with Gasteiger partial charge in [-0.1, -0.05) is 19.9 Å².